The number of imide groups is 1. The molecule has 0 fully saturated rings. The lowest BCUT2D eigenvalue weighted by Gasteiger charge is -2.18. The Morgan fingerprint density at radius 1 is 1.10 bits per heavy atom. The predicted octanol–water partition coefficient (Wildman–Crippen LogP) is 1.69. The van der Waals surface area contributed by atoms with Crippen molar-refractivity contribution in [2.75, 3.05) is 6.54 Å². The number of aryl methyl sites for hydroxylation is 1. The molecule has 0 saturated heterocycles. The molecule has 30 heavy (non-hydrogen) atoms. The summed E-state index contributed by atoms with van der Waals surface area (Å²) in [6, 6.07) is 9.93. The highest BCUT2D eigenvalue weighted by Gasteiger charge is 2.28. The molecule has 2 aromatic rings. The van der Waals surface area contributed by atoms with Gasteiger partial charge in [-0.15, -0.1) is 0 Å². The highest BCUT2D eigenvalue weighted by atomic mass is 32.2. The molecule has 0 aromatic heterocycles. The van der Waals surface area contributed by atoms with E-state index in [1.807, 2.05) is 0 Å². The van der Waals surface area contributed by atoms with Crippen molar-refractivity contribution in [1.82, 2.24) is 10.6 Å². The topological polar surface area (TPSA) is 145 Å². The molecular weight excluding hydrogens is 410 g/mol. The Morgan fingerprint density at radius 2 is 1.73 bits per heavy atom. The third-order valence-corrected chi connectivity index (χ3v) is 5.34. The second kappa shape index (κ2) is 9.51. The average Bonchev–Trinajstić information content (AvgIpc) is 2.67. The molecule has 3 amide bonds. The van der Waals surface area contributed by atoms with Gasteiger partial charge >= 0.3 is 12.0 Å². The van der Waals surface area contributed by atoms with Gasteiger partial charge < -0.3 is 10.1 Å². The van der Waals surface area contributed by atoms with Gasteiger partial charge in [0.05, 0.1) is 10.5 Å². The second-order valence-corrected chi connectivity index (χ2v) is 8.04. The van der Waals surface area contributed by atoms with E-state index in [2.05, 4.69) is 10.6 Å². The monoisotopic (exact) mass is 433 g/mol. The number of benzene rings is 2. The molecule has 2 rings (SSSR count). The lowest BCUT2D eigenvalue weighted by molar-refractivity contribution is -0.129. The lowest BCUT2D eigenvalue weighted by Crippen LogP contribution is -2.42. The van der Waals surface area contributed by atoms with Crippen LogP contribution in [0.1, 0.15) is 40.1 Å². The van der Waals surface area contributed by atoms with Crippen LogP contribution in [0.15, 0.2) is 47.4 Å². The molecule has 1 atom stereocenters. The Labute approximate surface area is 174 Å². The predicted molar refractivity (Wildman–Crippen MR) is 109 cm³/mol. The smallest absolute Gasteiger partial charge is 0.339 e. The van der Waals surface area contributed by atoms with Crippen molar-refractivity contribution in [3.05, 3.63) is 64.7 Å². The number of rotatable bonds is 6. The zero-order chi connectivity index (χ0) is 22.5. The summed E-state index contributed by atoms with van der Waals surface area (Å²) >= 11 is 0. The van der Waals surface area contributed by atoms with Gasteiger partial charge in [0.15, 0.2) is 0 Å². The molecule has 0 radical (unpaired) electrons. The van der Waals surface area contributed by atoms with Crippen molar-refractivity contribution < 1.29 is 27.5 Å². The summed E-state index contributed by atoms with van der Waals surface area (Å²) in [6.45, 7) is 5.17. The maximum Gasteiger partial charge on any atom is 0.339 e. The van der Waals surface area contributed by atoms with Gasteiger partial charge in [-0.2, -0.15) is 0 Å². The van der Waals surface area contributed by atoms with E-state index in [1.165, 1.54) is 6.07 Å². The van der Waals surface area contributed by atoms with Crippen LogP contribution in [0.25, 0.3) is 0 Å². The van der Waals surface area contributed by atoms with Gasteiger partial charge in [0.1, 0.15) is 0 Å². The van der Waals surface area contributed by atoms with Crippen LogP contribution in [0.4, 0.5) is 4.79 Å². The third kappa shape index (κ3) is 5.65. The number of primary sulfonamides is 1. The molecule has 0 spiro atoms. The Balaban J connectivity index is 2.39. The lowest BCUT2D eigenvalue weighted by atomic mass is 10.1. The second-order valence-electron chi connectivity index (χ2n) is 6.51. The van der Waals surface area contributed by atoms with E-state index in [0.29, 0.717) is 23.2 Å². The number of sulfonamides is 1. The molecule has 10 heteroatoms. The first-order chi connectivity index (χ1) is 14.0. The number of esters is 1. The Bertz CT molecular complexity index is 1070. The minimum Gasteiger partial charge on any atom is -0.444 e. The first-order valence-corrected chi connectivity index (χ1v) is 10.6. The fourth-order valence-electron chi connectivity index (χ4n) is 2.70. The normalized spacial score (nSPS) is 12.0. The average molecular weight is 433 g/mol. The number of hydrogen-bond donors (Lipinski definition) is 3. The molecule has 0 aliphatic heterocycles. The first-order valence-electron chi connectivity index (χ1n) is 9.03. The van der Waals surface area contributed by atoms with Gasteiger partial charge in [-0.3, -0.25) is 10.1 Å². The van der Waals surface area contributed by atoms with Crippen LogP contribution in [0.5, 0.6) is 0 Å². The van der Waals surface area contributed by atoms with Crippen molar-refractivity contribution in [1.29, 1.82) is 0 Å². The fourth-order valence-corrected chi connectivity index (χ4v) is 3.58. The van der Waals surface area contributed by atoms with Crippen LogP contribution in [0, 0.1) is 13.8 Å². The number of hydrogen-bond acceptors (Lipinski definition) is 6. The Kier molecular flexibility index (Phi) is 7.30. The summed E-state index contributed by atoms with van der Waals surface area (Å²) in [4.78, 5) is 36.8. The van der Waals surface area contributed by atoms with Crippen LogP contribution >= 0.6 is 0 Å². The first kappa shape index (κ1) is 23.0. The highest BCUT2D eigenvalue weighted by molar-refractivity contribution is 7.89. The number of nitrogens with one attached hydrogen (secondary N) is 2. The molecule has 0 saturated carbocycles. The number of nitrogens with two attached hydrogens (primary N) is 1. The van der Waals surface area contributed by atoms with Crippen molar-refractivity contribution in [3.63, 3.8) is 0 Å². The van der Waals surface area contributed by atoms with E-state index in [1.54, 1.807) is 51.1 Å². The minimum atomic E-state index is -4.07. The van der Waals surface area contributed by atoms with E-state index in [9.17, 15) is 22.8 Å². The molecule has 160 valence electrons. The number of carbonyl (C=O) groups excluding carboxylic acids is 3. The maximum absolute atomic E-state index is 12.7. The van der Waals surface area contributed by atoms with Crippen molar-refractivity contribution in [2.45, 2.75) is 31.8 Å². The number of urea groups is 1. The molecule has 0 bridgehead atoms. The van der Waals surface area contributed by atoms with E-state index >= 15 is 0 Å². The summed E-state index contributed by atoms with van der Waals surface area (Å²) in [5.74, 6) is -1.79. The van der Waals surface area contributed by atoms with E-state index < -0.39 is 34.0 Å². The van der Waals surface area contributed by atoms with Gasteiger partial charge in [-0.05, 0) is 44.0 Å². The zero-order valence-electron chi connectivity index (χ0n) is 16.8. The minimum absolute atomic E-state index is 0.0890. The van der Waals surface area contributed by atoms with Crippen molar-refractivity contribution in [2.24, 2.45) is 5.14 Å². The summed E-state index contributed by atoms with van der Waals surface area (Å²) in [6.07, 6.45) is -1.43. The maximum atomic E-state index is 12.7. The largest absolute Gasteiger partial charge is 0.444 e. The Hall–Kier alpha value is -3.24. The summed E-state index contributed by atoms with van der Waals surface area (Å²) in [5.41, 5.74) is 1.16. The highest BCUT2D eigenvalue weighted by Crippen LogP contribution is 2.24. The number of carbonyl (C=O) groups is 3. The van der Waals surface area contributed by atoms with E-state index in [0.717, 1.165) is 6.07 Å². The molecule has 0 aliphatic rings. The van der Waals surface area contributed by atoms with Crippen LogP contribution < -0.4 is 15.8 Å². The van der Waals surface area contributed by atoms with E-state index in [-0.39, 0.29) is 10.5 Å². The van der Waals surface area contributed by atoms with Crippen molar-refractivity contribution >= 4 is 27.9 Å². The quantitative estimate of drug-likeness (QED) is 0.591. The van der Waals surface area contributed by atoms with Crippen LogP contribution in [-0.4, -0.2) is 32.9 Å². The molecule has 1 unspecified atom stereocenters. The molecular formula is C20H23N3O6S. The van der Waals surface area contributed by atoms with Crippen LogP contribution in [0.3, 0.4) is 0 Å². The number of ether oxygens (including phenoxy) is 1. The van der Waals surface area contributed by atoms with Gasteiger partial charge in [0, 0.05) is 12.1 Å². The summed E-state index contributed by atoms with van der Waals surface area (Å²) in [7, 11) is -4.07. The standard InChI is InChI=1S/C20H23N3O6S/c1-4-22-20(26)23-18(24)17(14-8-6-5-7-9-14)29-19(25)15-10-12(2)13(3)16(11-15)30(21,27)28/h5-11,17H,4H2,1-3H3,(H2,21,27,28)(H2,22,23,24,26). The SMILES string of the molecule is CCNC(=O)NC(=O)C(OC(=O)c1cc(C)c(C)c(S(N)(=O)=O)c1)c1ccccc1. The Morgan fingerprint density at radius 3 is 2.30 bits per heavy atom. The van der Waals surface area contributed by atoms with Crippen molar-refractivity contribution in [3.8, 4) is 0 Å². The molecule has 9 nitrogen and oxygen atoms in total. The molecule has 0 heterocycles. The van der Waals surface area contributed by atoms with Crippen LogP contribution in [-0.2, 0) is 19.6 Å². The van der Waals surface area contributed by atoms with Gasteiger partial charge in [-0.1, -0.05) is 30.3 Å². The van der Waals surface area contributed by atoms with Gasteiger partial charge in [0.25, 0.3) is 5.91 Å². The summed E-state index contributed by atoms with van der Waals surface area (Å²) < 4.78 is 29.0. The van der Waals surface area contributed by atoms with Gasteiger partial charge in [-0.25, -0.2) is 23.1 Å². The number of amides is 3. The zero-order valence-corrected chi connectivity index (χ0v) is 17.6. The fraction of sp³-hybridized carbons (Fsp3) is 0.250. The third-order valence-electron chi connectivity index (χ3n) is 4.30. The van der Waals surface area contributed by atoms with E-state index in [4.69, 9.17) is 9.88 Å². The molecule has 4 N–H and O–H groups in total. The summed E-state index contributed by atoms with van der Waals surface area (Å²) in [5, 5.41) is 9.75. The van der Waals surface area contributed by atoms with Gasteiger partial charge in [0.2, 0.25) is 16.1 Å². The molecule has 0 aliphatic carbocycles. The van der Waals surface area contributed by atoms with Crippen LogP contribution in [0.2, 0.25) is 0 Å². The molecule has 2 aromatic carbocycles.